The van der Waals surface area contributed by atoms with Gasteiger partial charge < -0.3 is 4.79 Å². The lowest BCUT2D eigenvalue weighted by molar-refractivity contribution is -0.109. The van der Waals surface area contributed by atoms with Gasteiger partial charge in [0, 0.05) is 6.42 Å². The summed E-state index contributed by atoms with van der Waals surface area (Å²) < 4.78 is 0. The fraction of sp³-hybridized carbons (Fsp3) is 0.700. The number of allylic oxidation sites excluding steroid dienone is 2. The number of carbonyl (C=O) groups is 1. The Morgan fingerprint density at radius 1 is 1.64 bits per heavy atom. The lowest BCUT2D eigenvalue weighted by atomic mass is 9.75. The van der Waals surface area contributed by atoms with Crippen molar-refractivity contribution < 1.29 is 4.79 Å². The summed E-state index contributed by atoms with van der Waals surface area (Å²) in [6.45, 7) is 2.17. The molecule has 0 aromatic carbocycles. The van der Waals surface area contributed by atoms with Gasteiger partial charge in [-0.25, -0.2) is 0 Å². The first-order chi connectivity index (χ1) is 5.33. The Morgan fingerprint density at radius 2 is 2.45 bits per heavy atom. The standard InChI is InChI=1S/C10H16O/c1-2-10(8-9-11)6-4-3-5-7-10/h4,6,9H,2-3,5,7-8H2,1H3/t10-/m0/s1. The maximum atomic E-state index is 10.4. The van der Waals surface area contributed by atoms with E-state index in [0.717, 1.165) is 12.7 Å². The molecule has 1 aliphatic rings. The van der Waals surface area contributed by atoms with Crippen molar-refractivity contribution in [1.29, 1.82) is 0 Å². The maximum Gasteiger partial charge on any atom is 0.120 e. The van der Waals surface area contributed by atoms with E-state index in [2.05, 4.69) is 19.1 Å². The van der Waals surface area contributed by atoms with Crippen LogP contribution in [0.15, 0.2) is 12.2 Å². The summed E-state index contributed by atoms with van der Waals surface area (Å²) in [4.78, 5) is 10.4. The average Bonchev–Trinajstić information content (AvgIpc) is 2.07. The molecule has 1 aliphatic carbocycles. The molecule has 0 aromatic heterocycles. The lowest BCUT2D eigenvalue weighted by Crippen LogP contribution is -2.19. The third-order valence-electron chi connectivity index (χ3n) is 2.71. The highest BCUT2D eigenvalue weighted by atomic mass is 16.1. The highest BCUT2D eigenvalue weighted by molar-refractivity contribution is 5.51. The molecule has 62 valence electrons. The largest absolute Gasteiger partial charge is 0.303 e. The van der Waals surface area contributed by atoms with Crippen molar-refractivity contribution in [1.82, 2.24) is 0 Å². The molecule has 1 rings (SSSR count). The number of aldehydes is 1. The molecule has 0 saturated heterocycles. The number of carbonyl (C=O) groups excluding carboxylic acids is 1. The summed E-state index contributed by atoms with van der Waals surface area (Å²) >= 11 is 0. The van der Waals surface area contributed by atoms with Crippen molar-refractivity contribution in [3.63, 3.8) is 0 Å². The Kier molecular flexibility index (Phi) is 2.86. The van der Waals surface area contributed by atoms with Crippen LogP contribution in [-0.4, -0.2) is 6.29 Å². The van der Waals surface area contributed by atoms with E-state index in [0.29, 0.717) is 6.42 Å². The van der Waals surface area contributed by atoms with Crippen LogP contribution in [0.1, 0.15) is 39.0 Å². The van der Waals surface area contributed by atoms with E-state index < -0.39 is 0 Å². The normalized spacial score (nSPS) is 30.3. The van der Waals surface area contributed by atoms with E-state index in [1.807, 2.05) is 0 Å². The SMILES string of the molecule is CC[C@]1(CC=O)C=CCCC1. The summed E-state index contributed by atoms with van der Waals surface area (Å²) in [6.07, 6.45) is 11.0. The molecule has 11 heavy (non-hydrogen) atoms. The molecular weight excluding hydrogens is 136 g/mol. The van der Waals surface area contributed by atoms with Gasteiger partial charge >= 0.3 is 0 Å². The van der Waals surface area contributed by atoms with Crippen LogP contribution >= 0.6 is 0 Å². The molecule has 1 nitrogen and oxygen atoms in total. The van der Waals surface area contributed by atoms with Crippen LogP contribution in [0.25, 0.3) is 0 Å². The predicted molar refractivity (Wildman–Crippen MR) is 46.4 cm³/mol. The molecule has 0 aliphatic heterocycles. The van der Waals surface area contributed by atoms with Gasteiger partial charge in [0.1, 0.15) is 6.29 Å². The minimum absolute atomic E-state index is 0.222. The van der Waals surface area contributed by atoms with E-state index in [4.69, 9.17) is 0 Å². The minimum atomic E-state index is 0.222. The summed E-state index contributed by atoms with van der Waals surface area (Å²) in [5.41, 5.74) is 0.222. The van der Waals surface area contributed by atoms with Crippen molar-refractivity contribution in [3.8, 4) is 0 Å². The van der Waals surface area contributed by atoms with Crippen molar-refractivity contribution in [2.45, 2.75) is 39.0 Å². The topological polar surface area (TPSA) is 17.1 Å². The van der Waals surface area contributed by atoms with Crippen LogP contribution in [0, 0.1) is 5.41 Å². The first kappa shape index (κ1) is 8.51. The van der Waals surface area contributed by atoms with Crippen molar-refractivity contribution >= 4 is 6.29 Å². The third-order valence-corrected chi connectivity index (χ3v) is 2.71. The molecule has 0 saturated carbocycles. The third kappa shape index (κ3) is 1.92. The van der Waals surface area contributed by atoms with Crippen LogP contribution < -0.4 is 0 Å². The summed E-state index contributed by atoms with van der Waals surface area (Å²) in [5.74, 6) is 0. The van der Waals surface area contributed by atoms with Gasteiger partial charge in [0.2, 0.25) is 0 Å². The van der Waals surface area contributed by atoms with Gasteiger partial charge in [-0.1, -0.05) is 19.1 Å². The monoisotopic (exact) mass is 152 g/mol. The molecule has 0 aromatic rings. The second kappa shape index (κ2) is 3.70. The highest BCUT2D eigenvalue weighted by Gasteiger charge is 2.25. The average molecular weight is 152 g/mol. The van der Waals surface area contributed by atoms with Crippen molar-refractivity contribution in [2.75, 3.05) is 0 Å². The molecule has 1 atom stereocenters. The van der Waals surface area contributed by atoms with Gasteiger partial charge in [0.05, 0.1) is 0 Å². The smallest absolute Gasteiger partial charge is 0.120 e. The van der Waals surface area contributed by atoms with Crippen LogP contribution in [0.4, 0.5) is 0 Å². The second-order valence-electron chi connectivity index (χ2n) is 3.38. The van der Waals surface area contributed by atoms with Gasteiger partial charge in [-0.3, -0.25) is 0 Å². The predicted octanol–water partition coefficient (Wildman–Crippen LogP) is 2.71. The van der Waals surface area contributed by atoms with E-state index in [-0.39, 0.29) is 5.41 Å². The van der Waals surface area contributed by atoms with Crippen LogP contribution in [0.5, 0.6) is 0 Å². The molecule has 0 unspecified atom stereocenters. The Morgan fingerprint density at radius 3 is 2.91 bits per heavy atom. The van der Waals surface area contributed by atoms with Crippen LogP contribution in [-0.2, 0) is 4.79 Å². The molecule has 0 bridgehead atoms. The van der Waals surface area contributed by atoms with Gasteiger partial charge in [-0.05, 0) is 31.1 Å². The van der Waals surface area contributed by atoms with Crippen LogP contribution in [0.3, 0.4) is 0 Å². The summed E-state index contributed by atoms with van der Waals surface area (Å²) in [7, 11) is 0. The van der Waals surface area contributed by atoms with Crippen molar-refractivity contribution in [2.24, 2.45) is 5.41 Å². The molecule has 0 heterocycles. The van der Waals surface area contributed by atoms with Gasteiger partial charge in [-0.15, -0.1) is 0 Å². The fourth-order valence-corrected chi connectivity index (χ4v) is 1.76. The zero-order valence-corrected chi connectivity index (χ0v) is 7.18. The molecule has 0 spiro atoms. The van der Waals surface area contributed by atoms with Gasteiger partial charge in [0.25, 0.3) is 0 Å². The molecule has 1 heteroatoms. The molecular formula is C10H16O. The van der Waals surface area contributed by atoms with E-state index in [9.17, 15) is 4.79 Å². The molecule has 0 radical (unpaired) electrons. The van der Waals surface area contributed by atoms with E-state index in [1.54, 1.807) is 0 Å². The Labute approximate surface area is 68.5 Å². The van der Waals surface area contributed by atoms with E-state index in [1.165, 1.54) is 19.3 Å². The first-order valence-corrected chi connectivity index (χ1v) is 4.44. The summed E-state index contributed by atoms with van der Waals surface area (Å²) in [6, 6.07) is 0. The quantitative estimate of drug-likeness (QED) is 0.449. The summed E-state index contributed by atoms with van der Waals surface area (Å²) in [5, 5.41) is 0. The molecule has 0 N–H and O–H groups in total. The van der Waals surface area contributed by atoms with Crippen LogP contribution in [0.2, 0.25) is 0 Å². The Balaban J connectivity index is 2.64. The zero-order chi connectivity index (χ0) is 8.16. The van der Waals surface area contributed by atoms with E-state index >= 15 is 0 Å². The number of hydrogen-bond donors (Lipinski definition) is 0. The molecule has 0 fully saturated rings. The van der Waals surface area contributed by atoms with Crippen molar-refractivity contribution in [3.05, 3.63) is 12.2 Å². The number of hydrogen-bond acceptors (Lipinski definition) is 1. The second-order valence-corrected chi connectivity index (χ2v) is 3.38. The van der Waals surface area contributed by atoms with Gasteiger partial charge in [0.15, 0.2) is 0 Å². The minimum Gasteiger partial charge on any atom is -0.303 e. The number of rotatable bonds is 3. The maximum absolute atomic E-state index is 10.4. The lowest BCUT2D eigenvalue weighted by Gasteiger charge is -2.29. The molecule has 0 amide bonds. The Bertz CT molecular complexity index is 160. The highest BCUT2D eigenvalue weighted by Crippen LogP contribution is 2.36. The fourth-order valence-electron chi connectivity index (χ4n) is 1.76. The first-order valence-electron chi connectivity index (χ1n) is 4.44. The van der Waals surface area contributed by atoms with Gasteiger partial charge in [-0.2, -0.15) is 0 Å². The zero-order valence-electron chi connectivity index (χ0n) is 7.18. The Hall–Kier alpha value is -0.590.